The first-order valence-corrected chi connectivity index (χ1v) is 8.05. The molecule has 3 nitrogen and oxygen atoms in total. The van der Waals surface area contributed by atoms with E-state index in [4.69, 9.17) is 10.5 Å². The van der Waals surface area contributed by atoms with Gasteiger partial charge in [-0.3, -0.25) is 0 Å². The summed E-state index contributed by atoms with van der Waals surface area (Å²) in [5.41, 5.74) is 6.58. The average molecular weight is 268 g/mol. The van der Waals surface area contributed by atoms with Gasteiger partial charge in [0.25, 0.3) is 0 Å². The molecule has 0 spiro atoms. The number of rotatable bonds is 5. The van der Waals surface area contributed by atoms with E-state index in [9.17, 15) is 0 Å². The molecular formula is C16H32N2O. The predicted molar refractivity (Wildman–Crippen MR) is 80.1 cm³/mol. The van der Waals surface area contributed by atoms with Crippen LogP contribution in [0.1, 0.15) is 53.4 Å². The van der Waals surface area contributed by atoms with Gasteiger partial charge in [-0.05, 0) is 56.4 Å². The summed E-state index contributed by atoms with van der Waals surface area (Å²) in [6.45, 7) is 11.2. The highest BCUT2D eigenvalue weighted by Gasteiger charge is 2.41. The van der Waals surface area contributed by atoms with Gasteiger partial charge in [0, 0.05) is 18.7 Å². The van der Waals surface area contributed by atoms with Crippen LogP contribution in [-0.4, -0.2) is 31.3 Å². The topological polar surface area (TPSA) is 47.3 Å². The van der Waals surface area contributed by atoms with Crippen molar-refractivity contribution < 1.29 is 4.74 Å². The summed E-state index contributed by atoms with van der Waals surface area (Å²) in [4.78, 5) is 0. The zero-order chi connectivity index (χ0) is 14.0. The Bertz CT molecular complexity index is 286. The van der Waals surface area contributed by atoms with E-state index in [1.807, 2.05) is 0 Å². The largest absolute Gasteiger partial charge is 0.378 e. The van der Waals surface area contributed by atoms with Crippen LogP contribution in [0.25, 0.3) is 0 Å². The van der Waals surface area contributed by atoms with Gasteiger partial charge in [-0.25, -0.2) is 0 Å². The molecule has 0 radical (unpaired) electrons. The molecule has 2 fully saturated rings. The van der Waals surface area contributed by atoms with Gasteiger partial charge in [-0.2, -0.15) is 0 Å². The van der Waals surface area contributed by atoms with E-state index in [1.54, 1.807) is 0 Å². The molecule has 0 amide bonds. The van der Waals surface area contributed by atoms with Gasteiger partial charge in [0.2, 0.25) is 0 Å². The van der Waals surface area contributed by atoms with Gasteiger partial charge in [0.15, 0.2) is 0 Å². The van der Waals surface area contributed by atoms with E-state index in [0.717, 1.165) is 19.1 Å². The molecule has 0 aliphatic heterocycles. The quantitative estimate of drug-likeness (QED) is 0.805. The second-order valence-corrected chi connectivity index (χ2v) is 7.20. The Balaban J connectivity index is 1.74. The minimum absolute atomic E-state index is 0.355. The number of ether oxygens (including phenoxy) is 1. The van der Waals surface area contributed by atoms with Gasteiger partial charge in [0.1, 0.15) is 0 Å². The minimum atomic E-state index is 0.355. The summed E-state index contributed by atoms with van der Waals surface area (Å²) in [6, 6.07) is 1.07. The van der Waals surface area contributed by atoms with Crippen molar-refractivity contribution in [3.05, 3.63) is 0 Å². The summed E-state index contributed by atoms with van der Waals surface area (Å²) in [5, 5.41) is 3.75. The molecule has 3 unspecified atom stereocenters. The normalized spacial score (nSPS) is 41.8. The molecular weight excluding hydrogens is 236 g/mol. The fraction of sp³-hybridized carbons (Fsp3) is 1.00. The van der Waals surface area contributed by atoms with Crippen molar-refractivity contribution in [1.29, 1.82) is 0 Å². The number of hydrogen-bond donors (Lipinski definition) is 2. The van der Waals surface area contributed by atoms with E-state index < -0.39 is 0 Å². The third kappa shape index (κ3) is 3.32. The smallest absolute Gasteiger partial charge is 0.0604 e. The first kappa shape index (κ1) is 15.3. The highest BCUT2D eigenvalue weighted by atomic mass is 16.5. The van der Waals surface area contributed by atoms with Gasteiger partial charge in [-0.1, -0.05) is 20.8 Å². The standard InChI is InChI=1S/C16H32N2O/c1-5-19-14-8-13(9-14)18-10-12-6-7-15(17)11(2)16(12,3)4/h11-15,18H,5-10,17H2,1-4H3. The van der Waals surface area contributed by atoms with E-state index in [-0.39, 0.29) is 0 Å². The monoisotopic (exact) mass is 268 g/mol. The molecule has 2 aliphatic rings. The molecule has 112 valence electrons. The number of hydrogen-bond acceptors (Lipinski definition) is 3. The maximum Gasteiger partial charge on any atom is 0.0604 e. The first-order valence-electron chi connectivity index (χ1n) is 8.05. The summed E-state index contributed by atoms with van der Waals surface area (Å²) < 4.78 is 5.62. The van der Waals surface area contributed by atoms with Crippen molar-refractivity contribution in [3.63, 3.8) is 0 Å². The summed E-state index contributed by atoms with van der Waals surface area (Å²) in [7, 11) is 0. The molecule has 3 N–H and O–H groups in total. The lowest BCUT2D eigenvalue weighted by Gasteiger charge is -2.48. The molecule has 0 saturated heterocycles. The number of nitrogens with two attached hydrogens (primary N) is 1. The highest BCUT2D eigenvalue weighted by Crippen LogP contribution is 2.44. The molecule has 0 aromatic heterocycles. The van der Waals surface area contributed by atoms with Gasteiger partial charge < -0.3 is 15.8 Å². The van der Waals surface area contributed by atoms with Crippen LogP contribution < -0.4 is 11.1 Å². The van der Waals surface area contributed by atoms with E-state index >= 15 is 0 Å². The van der Waals surface area contributed by atoms with Crippen LogP contribution in [0.2, 0.25) is 0 Å². The Morgan fingerprint density at radius 1 is 1.26 bits per heavy atom. The van der Waals surface area contributed by atoms with Gasteiger partial charge >= 0.3 is 0 Å². The SMILES string of the molecule is CCOC1CC(NCC2CCC(N)C(C)C2(C)C)C1. The lowest BCUT2D eigenvalue weighted by atomic mass is 9.61. The predicted octanol–water partition coefficient (Wildman–Crippen LogP) is 2.54. The minimum Gasteiger partial charge on any atom is -0.378 e. The molecule has 0 heterocycles. The molecule has 2 rings (SSSR count). The van der Waals surface area contributed by atoms with E-state index in [1.165, 1.54) is 25.7 Å². The first-order chi connectivity index (χ1) is 8.95. The summed E-state index contributed by atoms with van der Waals surface area (Å²) in [5.74, 6) is 1.37. The Morgan fingerprint density at radius 2 is 1.95 bits per heavy atom. The zero-order valence-electron chi connectivity index (χ0n) is 13.1. The maximum absolute atomic E-state index is 6.22. The van der Waals surface area contributed by atoms with E-state index in [2.05, 4.69) is 33.0 Å². The molecule has 3 heteroatoms. The molecule has 0 aromatic rings. The van der Waals surface area contributed by atoms with Crippen LogP contribution in [0.3, 0.4) is 0 Å². The van der Waals surface area contributed by atoms with Crippen molar-refractivity contribution in [3.8, 4) is 0 Å². The van der Waals surface area contributed by atoms with Crippen LogP contribution in [-0.2, 0) is 4.74 Å². The van der Waals surface area contributed by atoms with Crippen molar-refractivity contribution >= 4 is 0 Å². The molecule has 0 bridgehead atoms. The second-order valence-electron chi connectivity index (χ2n) is 7.20. The second kappa shape index (κ2) is 6.11. The van der Waals surface area contributed by atoms with Crippen molar-refractivity contribution in [1.82, 2.24) is 5.32 Å². The van der Waals surface area contributed by atoms with Gasteiger partial charge in [0.05, 0.1) is 6.10 Å². The van der Waals surface area contributed by atoms with Gasteiger partial charge in [-0.15, -0.1) is 0 Å². The van der Waals surface area contributed by atoms with Crippen LogP contribution in [0.15, 0.2) is 0 Å². The third-order valence-electron chi connectivity index (χ3n) is 5.87. The fourth-order valence-electron chi connectivity index (χ4n) is 3.72. The maximum atomic E-state index is 6.22. The highest BCUT2D eigenvalue weighted by molar-refractivity contribution is 4.95. The van der Waals surface area contributed by atoms with Crippen molar-refractivity contribution in [2.75, 3.05) is 13.2 Å². The fourth-order valence-corrected chi connectivity index (χ4v) is 3.72. The Morgan fingerprint density at radius 3 is 2.58 bits per heavy atom. The summed E-state index contributed by atoms with van der Waals surface area (Å²) in [6.07, 6.45) is 5.34. The molecule has 3 atom stereocenters. The summed E-state index contributed by atoms with van der Waals surface area (Å²) >= 11 is 0. The Labute approximate surface area is 118 Å². The third-order valence-corrected chi connectivity index (χ3v) is 5.87. The van der Waals surface area contributed by atoms with Crippen LogP contribution in [0.5, 0.6) is 0 Å². The molecule has 19 heavy (non-hydrogen) atoms. The zero-order valence-corrected chi connectivity index (χ0v) is 13.1. The molecule has 2 aliphatic carbocycles. The van der Waals surface area contributed by atoms with Crippen LogP contribution in [0.4, 0.5) is 0 Å². The number of nitrogens with one attached hydrogen (secondary N) is 1. The average Bonchev–Trinajstić information content (AvgIpc) is 2.31. The van der Waals surface area contributed by atoms with Crippen molar-refractivity contribution in [2.45, 2.75) is 71.6 Å². The van der Waals surface area contributed by atoms with E-state index in [0.29, 0.717) is 29.5 Å². The Hall–Kier alpha value is -0.120. The Kier molecular flexibility index (Phi) is 4.91. The van der Waals surface area contributed by atoms with Crippen LogP contribution >= 0.6 is 0 Å². The van der Waals surface area contributed by atoms with Crippen LogP contribution in [0, 0.1) is 17.3 Å². The lowest BCUT2D eigenvalue weighted by Crippen LogP contribution is -2.52. The molecule has 2 saturated carbocycles. The van der Waals surface area contributed by atoms with Crippen molar-refractivity contribution in [2.24, 2.45) is 23.0 Å². The molecule has 0 aromatic carbocycles. The lowest BCUT2D eigenvalue weighted by molar-refractivity contribution is -0.0154.